The number of unbranched alkanes of at least 4 members (excludes halogenated alkanes) is 3. The lowest BCUT2D eigenvalue weighted by Crippen LogP contribution is -2.17. The molecule has 2 rings (SSSR count). The largest absolute Gasteiger partial charge is 0.507 e. The van der Waals surface area contributed by atoms with E-state index in [2.05, 4.69) is 20.8 Å². The van der Waals surface area contributed by atoms with Crippen molar-refractivity contribution in [3.63, 3.8) is 0 Å². The molecule has 1 atom stereocenters. The van der Waals surface area contributed by atoms with Crippen molar-refractivity contribution in [2.24, 2.45) is 0 Å². The monoisotopic (exact) mass is 418 g/mol. The zero-order valence-corrected chi connectivity index (χ0v) is 19.5. The smallest absolute Gasteiger partial charge is 0.375 e. The van der Waals surface area contributed by atoms with Gasteiger partial charge in [0.15, 0.2) is 0 Å². The van der Waals surface area contributed by atoms with Gasteiger partial charge in [0, 0.05) is 13.8 Å². The summed E-state index contributed by atoms with van der Waals surface area (Å²) in [5.74, 6) is 0.515. The first-order valence-electron chi connectivity index (χ1n) is 10.4. The fraction of sp³-hybridized carbons (Fsp3) is 0.500. The zero-order valence-electron chi connectivity index (χ0n) is 18.6. The summed E-state index contributed by atoms with van der Waals surface area (Å²) in [6, 6.07) is 11.5. The molecule has 2 aromatic rings. The van der Waals surface area contributed by atoms with Gasteiger partial charge in [-0.2, -0.15) is 0 Å². The number of hydrogen-bond acceptors (Lipinski definition) is 4. The number of hydrogen-bond donors (Lipinski definition) is 1. The summed E-state index contributed by atoms with van der Waals surface area (Å²) >= 11 is 0. The Balaban J connectivity index is 2.51. The van der Waals surface area contributed by atoms with Gasteiger partial charge < -0.3 is 14.2 Å². The van der Waals surface area contributed by atoms with Crippen LogP contribution < -0.4 is 4.52 Å². The second-order valence-corrected chi connectivity index (χ2v) is 10.6. The Bertz CT molecular complexity index is 873. The van der Waals surface area contributed by atoms with Crippen molar-refractivity contribution >= 4 is 7.60 Å². The average Bonchev–Trinajstić information content (AvgIpc) is 2.64. The normalized spacial score (nSPS) is 13.9. The van der Waals surface area contributed by atoms with E-state index < -0.39 is 7.60 Å². The highest BCUT2D eigenvalue weighted by Gasteiger charge is 2.27. The summed E-state index contributed by atoms with van der Waals surface area (Å²) in [6.07, 6.45) is 5.76. The average molecular weight is 419 g/mol. The van der Waals surface area contributed by atoms with Gasteiger partial charge in [-0.15, -0.1) is 0 Å². The van der Waals surface area contributed by atoms with E-state index in [9.17, 15) is 9.67 Å². The van der Waals surface area contributed by atoms with Crippen molar-refractivity contribution in [1.82, 2.24) is 0 Å². The third kappa shape index (κ3) is 6.35. The number of phenols is 1. The first kappa shape index (κ1) is 23.5. The maximum absolute atomic E-state index is 12.6. The Hall–Kier alpha value is -1.77. The van der Waals surface area contributed by atoms with E-state index >= 15 is 0 Å². The molecule has 4 nitrogen and oxygen atoms in total. The Morgan fingerprint density at radius 2 is 1.83 bits per heavy atom. The SMILES string of the molecule is CCCCCCC(C)(C)c1cc(O)c(-c2cccc(C)c2)c(OP(C)(=O)OC)c1. The lowest BCUT2D eigenvalue weighted by molar-refractivity contribution is 0.328. The quantitative estimate of drug-likeness (QED) is 0.321. The van der Waals surface area contributed by atoms with E-state index in [1.54, 1.807) is 0 Å². The zero-order chi connectivity index (χ0) is 21.7. The molecule has 0 bridgehead atoms. The van der Waals surface area contributed by atoms with Gasteiger partial charge >= 0.3 is 7.60 Å². The lowest BCUT2D eigenvalue weighted by Gasteiger charge is -2.28. The highest BCUT2D eigenvalue weighted by molar-refractivity contribution is 7.53. The molecule has 5 heteroatoms. The van der Waals surface area contributed by atoms with Gasteiger partial charge in [-0.05, 0) is 42.0 Å². The molecule has 0 spiro atoms. The van der Waals surface area contributed by atoms with Crippen molar-refractivity contribution in [1.29, 1.82) is 0 Å². The maximum Gasteiger partial charge on any atom is 0.375 e. The summed E-state index contributed by atoms with van der Waals surface area (Å²) < 4.78 is 23.5. The third-order valence-corrected chi connectivity index (χ3v) is 6.61. The van der Waals surface area contributed by atoms with Crippen LogP contribution in [-0.2, 0) is 14.5 Å². The fourth-order valence-electron chi connectivity index (χ4n) is 3.51. The summed E-state index contributed by atoms with van der Waals surface area (Å²) in [7, 11) is -1.92. The van der Waals surface area contributed by atoms with E-state index in [1.807, 2.05) is 43.3 Å². The lowest BCUT2D eigenvalue weighted by atomic mass is 9.79. The van der Waals surface area contributed by atoms with Crippen LogP contribution in [0.25, 0.3) is 11.1 Å². The van der Waals surface area contributed by atoms with Gasteiger partial charge in [0.1, 0.15) is 11.5 Å². The molecule has 1 unspecified atom stereocenters. The maximum atomic E-state index is 12.6. The van der Waals surface area contributed by atoms with Gasteiger partial charge in [-0.25, -0.2) is 4.57 Å². The van der Waals surface area contributed by atoms with Crippen LogP contribution in [0.2, 0.25) is 0 Å². The number of aryl methyl sites for hydroxylation is 1. The van der Waals surface area contributed by atoms with E-state index in [0.717, 1.165) is 29.5 Å². The summed E-state index contributed by atoms with van der Waals surface area (Å²) in [6.45, 7) is 9.98. The van der Waals surface area contributed by atoms with Crippen LogP contribution in [0.5, 0.6) is 11.5 Å². The van der Waals surface area contributed by atoms with Crippen LogP contribution >= 0.6 is 7.60 Å². The molecule has 0 radical (unpaired) electrons. The molecule has 160 valence electrons. The Labute approximate surface area is 175 Å². The third-order valence-electron chi connectivity index (χ3n) is 5.42. The predicted molar refractivity (Wildman–Crippen MR) is 121 cm³/mol. The van der Waals surface area contributed by atoms with Gasteiger partial charge in [-0.1, -0.05) is 76.3 Å². The molecule has 0 aliphatic heterocycles. The second-order valence-electron chi connectivity index (χ2n) is 8.48. The van der Waals surface area contributed by atoms with Gasteiger partial charge in [-0.3, -0.25) is 0 Å². The highest BCUT2D eigenvalue weighted by atomic mass is 31.2. The van der Waals surface area contributed by atoms with Gasteiger partial charge in [0.25, 0.3) is 0 Å². The molecular weight excluding hydrogens is 383 g/mol. The predicted octanol–water partition coefficient (Wildman–Crippen LogP) is 7.46. The standard InChI is InChI=1S/C24H35O4P/c1-7-8-9-10-14-24(3,4)20-16-21(25)23(19-13-11-12-18(2)15-19)22(17-20)28-29(6,26)27-5/h11-13,15-17,25H,7-10,14H2,1-6H3. The molecule has 2 aromatic carbocycles. The Morgan fingerprint density at radius 1 is 1.10 bits per heavy atom. The summed E-state index contributed by atoms with van der Waals surface area (Å²) in [5, 5.41) is 10.9. The molecule has 0 aromatic heterocycles. The Morgan fingerprint density at radius 3 is 2.45 bits per heavy atom. The molecule has 0 saturated heterocycles. The van der Waals surface area contributed by atoms with Crippen LogP contribution in [0.3, 0.4) is 0 Å². The fourth-order valence-corrected chi connectivity index (χ4v) is 4.08. The molecule has 0 aliphatic carbocycles. The van der Waals surface area contributed by atoms with Crippen molar-refractivity contribution in [3.8, 4) is 22.6 Å². The molecule has 0 saturated carbocycles. The topological polar surface area (TPSA) is 55.8 Å². The van der Waals surface area contributed by atoms with Crippen LogP contribution in [0.4, 0.5) is 0 Å². The van der Waals surface area contributed by atoms with Crippen LogP contribution in [0.1, 0.15) is 64.0 Å². The number of aromatic hydroxyl groups is 1. The number of rotatable bonds is 10. The molecule has 0 fully saturated rings. The molecule has 29 heavy (non-hydrogen) atoms. The van der Waals surface area contributed by atoms with Crippen LogP contribution in [-0.4, -0.2) is 18.9 Å². The molecule has 0 heterocycles. The minimum absolute atomic E-state index is 0.126. The van der Waals surface area contributed by atoms with Crippen molar-refractivity contribution in [2.45, 2.75) is 65.2 Å². The second kappa shape index (κ2) is 9.82. The molecule has 0 amide bonds. The summed E-state index contributed by atoms with van der Waals surface area (Å²) in [5.41, 5.74) is 3.26. The van der Waals surface area contributed by atoms with Gasteiger partial charge in [0.2, 0.25) is 0 Å². The summed E-state index contributed by atoms with van der Waals surface area (Å²) in [4.78, 5) is 0. The highest BCUT2D eigenvalue weighted by Crippen LogP contribution is 2.50. The Kier molecular flexibility index (Phi) is 7.96. The number of benzene rings is 2. The molecular formula is C24H35O4P. The van der Waals surface area contributed by atoms with Crippen molar-refractivity contribution in [2.75, 3.05) is 13.8 Å². The van der Waals surface area contributed by atoms with Crippen LogP contribution in [0.15, 0.2) is 36.4 Å². The van der Waals surface area contributed by atoms with Crippen molar-refractivity contribution in [3.05, 3.63) is 47.5 Å². The minimum atomic E-state index is -3.29. The van der Waals surface area contributed by atoms with Crippen LogP contribution in [0, 0.1) is 6.92 Å². The number of phenolic OH excluding ortho intramolecular Hbond substituents is 1. The minimum Gasteiger partial charge on any atom is -0.507 e. The van der Waals surface area contributed by atoms with E-state index in [4.69, 9.17) is 9.05 Å². The van der Waals surface area contributed by atoms with E-state index in [-0.39, 0.29) is 11.2 Å². The van der Waals surface area contributed by atoms with E-state index in [0.29, 0.717) is 11.3 Å². The first-order valence-corrected chi connectivity index (χ1v) is 12.4. The molecule has 0 aliphatic rings. The van der Waals surface area contributed by atoms with Crippen molar-refractivity contribution < 1.29 is 18.7 Å². The first-order chi connectivity index (χ1) is 13.6. The van der Waals surface area contributed by atoms with E-state index in [1.165, 1.54) is 33.0 Å². The van der Waals surface area contributed by atoms with Gasteiger partial charge in [0.05, 0.1) is 5.56 Å². The molecule has 1 N–H and O–H groups in total.